The standard InChI is InChI=1S/C15H15FINO3/c1-15(2,3)12-11(14(19)20-4)21-13(18-12)9-6-5-8(16)7-10(9)17/h5-7H,1-4H3. The van der Waals surface area contributed by atoms with Crippen molar-refractivity contribution in [3.05, 3.63) is 39.0 Å². The number of nitrogens with zero attached hydrogens (tertiary/aromatic N) is 1. The van der Waals surface area contributed by atoms with Crippen LogP contribution in [-0.2, 0) is 10.2 Å². The van der Waals surface area contributed by atoms with Crippen LogP contribution in [0, 0.1) is 9.39 Å². The van der Waals surface area contributed by atoms with Crippen LogP contribution in [0.15, 0.2) is 22.6 Å². The number of carbonyl (C=O) groups excluding carboxylic acids is 1. The summed E-state index contributed by atoms with van der Waals surface area (Å²) in [6.07, 6.45) is 0. The molecular weight excluding hydrogens is 388 g/mol. The molecule has 0 amide bonds. The number of hydrogen-bond acceptors (Lipinski definition) is 4. The van der Waals surface area contributed by atoms with Crippen LogP contribution in [0.3, 0.4) is 0 Å². The molecule has 112 valence electrons. The first-order valence-electron chi connectivity index (χ1n) is 6.29. The van der Waals surface area contributed by atoms with E-state index < -0.39 is 5.97 Å². The lowest BCUT2D eigenvalue weighted by molar-refractivity contribution is 0.0562. The first kappa shape index (κ1) is 15.9. The van der Waals surface area contributed by atoms with Gasteiger partial charge in [-0.15, -0.1) is 0 Å². The molecule has 4 nitrogen and oxygen atoms in total. The summed E-state index contributed by atoms with van der Waals surface area (Å²) in [6.45, 7) is 5.78. The molecule has 0 saturated heterocycles. The van der Waals surface area contributed by atoms with E-state index in [2.05, 4.69) is 4.98 Å². The number of methoxy groups -OCH3 is 1. The molecule has 0 saturated carbocycles. The highest BCUT2D eigenvalue weighted by Gasteiger charge is 2.30. The van der Waals surface area contributed by atoms with Crippen LogP contribution in [0.25, 0.3) is 11.5 Å². The summed E-state index contributed by atoms with van der Waals surface area (Å²) in [6, 6.07) is 4.29. The van der Waals surface area contributed by atoms with Gasteiger partial charge < -0.3 is 9.15 Å². The van der Waals surface area contributed by atoms with Crippen molar-refractivity contribution in [1.82, 2.24) is 4.98 Å². The van der Waals surface area contributed by atoms with E-state index in [0.717, 1.165) is 0 Å². The number of hydrogen-bond donors (Lipinski definition) is 0. The van der Waals surface area contributed by atoms with Gasteiger partial charge in [-0.3, -0.25) is 0 Å². The van der Waals surface area contributed by atoms with E-state index in [1.165, 1.54) is 19.2 Å². The molecular formula is C15H15FINO3. The SMILES string of the molecule is COC(=O)c1oc(-c2ccc(F)cc2I)nc1C(C)(C)C. The van der Waals surface area contributed by atoms with Crippen LogP contribution < -0.4 is 0 Å². The minimum atomic E-state index is -0.573. The molecule has 0 atom stereocenters. The minimum Gasteiger partial charge on any atom is -0.463 e. The summed E-state index contributed by atoms with van der Waals surface area (Å²) in [5.41, 5.74) is 0.777. The Balaban J connectivity index is 2.61. The largest absolute Gasteiger partial charge is 0.463 e. The molecule has 1 heterocycles. The number of oxazole rings is 1. The highest BCUT2D eigenvalue weighted by Crippen LogP contribution is 2.32. The molecule has 0 spiro atoms. The van der Waals surface area contributed by atoms with Gasteiger partial charge in [0, 0.05) is 8.99 Å². The molecule has 0 aliphatic heterocycles. The topological polar surface area (TPSA) is 52.3 Å². The van der Waals surface area contributed by atoms with E-state index in [1.54, 1.807) is 6.07 Å². The number of halogens is 2. The Hall–Kier alpha value is -1.44. The monoisotopic (exact) mass is 403 g/mol. The van der Waals surface area contributed by atoms with Crippen molar-refractivity contribution in [1.29, 1.82) is 0 Å². The van der Waals surface area contributed by atoms with Gasteiger partial charge in [-0.2, -0.15) is 0 Å². The van der Waals surface area contributed by atoms with Crippen LogP contribution in [0.2, 0.25) is 0 Å². The average molecular weight is 403 g/mol. The number of carbonyl (C=O) groups is 1. The second-order valence-electron chi connectivity index (χ2n) is 5.56. The van der Waals surface area contributed by atoms with Crippen LogP contribution in [0.4, 0.5) is 4.39 Å². The van der Waals surface area contributed by atoms with E-state index in [9.17, 15) is 9.18 Å². The van der Waals surface area contributed by atoms with Crippen molar-refractivity contribution in [3.8, 4) is 11.5 Å². The fourth-order valence-corrected chi connectivity index (χ4v) is 2.55. The molecule has 0 aliphatic carbocycles. The highest BCUT2D eigenvalue weighted by molar-refractivity contribution is 14.1. The fraction of sp³-hybridized carbons (Fsp3) is 0.333. The number of ether oxygens (including phenoxy) is 1. The maximum Gasteiger partial charge on any atom is 0.376 e. The first-order valence-corrected chi connectivity index (χ1v) is 7.37. The molecule has 0 unspecified atom stereocenters. The lowest BCUT2D eigenvalue weighted by Crippen LogP contribution is -2.17. The van der Waals surface area contributed by atoms with E-state index in [0.29, 0.717) is 14.8 Å². The smallest absolute Gasteiger partial charge is 0.376 e. The Morgan fingerprint density at radius 3 is 2.57 bits per heavy atom. The number of rotatable bonds is 2. The Morgan fingerprint density at radius 1 is 1.38 bits per heavy atom. The summed E-state index contributed by atoms with van der Waals surface area (Å²) in [5.74, 6) is -0.542. The van der Waals surface area contributed by atoms with Gasteiger partial charge in [0.25, 0.3) is 0 Å². The van der Waals surface area contributed by atoms with E-state index in [4.69, 9.17) is 9.15 Å². The molecule has 21 heavy (non-hydrogen) atoms. The zero-order chi connectivity index (χ0) is 15.8. The zero-order valence-electron chi connectivity index (χ0n) is 12.2. The predicted octanol–water partition coefficient (Wildman–Crippen LogP) is 4.17. The summed E-state index contributed by atoms with van der Waals surface area (Å²) in [7, 11) is 1.29. The van der Waals surface area contributed by atoms with Crippen LogP contribution in [0.5, 0.6) is 0 Å². The maximum absolute atomic E-state index is 13.2. The quantitative estimate of drug-likeness (QED) is 0.558. The van der Waals surface area contributed by atoms with E-state index in [-0.39, 0.29) is 22.9 Å². The van der Waals surface area contributed by atoms with Crippen LogP contribution in [0.1, 0.15) is 37.0 Å². The molecule has 2 aromatic rings. The van der Waals surface area contributed by atoms with E-state index >= 15 is 0 Å². The third-order valence-corrected chi connectivity index (χ3v) is 3.76. The molecule has 6 heteroatoms. The highest BCUT2D eigenvalue weighted by atomic mass is 127. The lowest BCUT2D eigenvalue weighted by Gasteiger charge is -2.15. The summed E-state index contributed by atoms with van der Waals surface area (Å²) in [4.78, 5) is 16.3. The molecule has 0 bridgehead atoms. The molecule has 0 fully saturated rings. The Kier molecular flexibility index (Phi) is 4.36. The van der Waals surface area contributed by atoms with Gasteiger partial charge in [0.2, 0.25) is 11.7 Å². The third-order valence-electron chi connectivity index (χ3n) is 2.87. The Morgan fingerprint density at radius 2 is 2.05 bits per heavy atom. The molecule has 0 N–H and O–H groups in total. The summed E-state index contributed by atoms with van der Waals surface area (Å²) >= 11 is 2.00. The Bertz CT molecular complexity index is 689. The van der Waals surface area contributed by atoms with Gasteiger partial charge in [-0.1, -0.05) is 20.8 Å². The molecule has 0 aliphatic rings. The van der Waals surface area contributed by atoms with E-state index in [1.807, 2.05) is 43.4 Å². The van der Waals surface area contributed by atoms with Gasteiger partial charge in [-0.25, -0.2) is 14.2 Å². The number of benzene rings is 1. The van der Waals surface area contributed by atoms with Gasteiger partial charge >= 0.3 is 5.97 Å². The molecule has 1 aromatic heterocycles. The predicted molar refractivity (Wildman–Crippen MR) is 84.7 cm³/mol. The summed E-state index contributed by atoms with van der Waals surface area (Å²) < 4.78 is 24.2. The second kappa shape index (κ2) is 5.75. The average Bonchev–Trinajstić information content (AvgIpc) is 2.82. The zero-order valence-corrected chi connectivity index (χ0v) is 14.3. The summed E-state index contributed by atoms with van der Waals surface area (Å²) in [5, 5.41) is 0. The number of esters is 1. The first-order chi connectivity index (χ1) is 9.74. The normalized spacial score (nSPS) is 11.5. The second-order valence-corrected chi connectivity index (χ2v) is 6.72. The molecule has 1 aromatic carbocycles. The van der Waals surface area contributed by atoms with Crippen molar-refractivity contribution in [2.45, 2.75) is 26.2 Å². The van der Waals surface area contributed by atoms with Crippen molar-refractivity contribution in [2.75, 3.05) is 7.11 Å². The van der Waals surface area contributed by atoms with Crippen molar-refractivity contribution >= 4 is 28.6 Å². The lowest BCUT2D eigenvalue weighted by atomic mass is 9.91. The van der Waals surface area contributed by atoms with Crippen molar-refractivity contribution in [2.24, 2.45) is 0 Å². The maximum atomic E-state index is 13.2. The molecule has 0 radical (unpaired) electrons. The Labute approximate surface area is 135 Å². The van der Waals surface area contributed by atoms with Crippen molar-refractivity contribution < 1.29 is 18.3 Å². The van der Waals surface area contributed by atoms with Crippen LogP contribution >= 0.6 is 22.6 Å². The minimum absolute atomic E-state index is 0.0834. The number of aromatic nitrogens is 1. The van der Waals surface area contributed by atoms with Crippen molar-refractivity contribution in [3.63, 3.8) is 0 Å². The van der Waals surface area contributed by atoms with Gasteiger partial charge in [0.15, 0.2) is 0 Å². The fourth-order valence-electron chi connectivity index (χ4n) is 1.84. The van der Waals surface area contributed by atoms with Crippen LogP contribution in [-0.4, -0.2) is 18.1 Å². The third kappa shape index (κ3) is 3.25. The van der Waals surface area contributed by atoms with Gasteiger partial charge in [-0.05, 0) is 40.8 Å². The van der Waals surface area contributed by atoms with Gasteiger partial charge in [0.05, 0.1) is 12.7 Å². The van der Waals surface area contributed by atoms with Gasteiger partial charge in [0.1, 0.15) is 11.5 Å². The molecule has 2 rings (SSSR count).